The van der Waals surface area contributed by atoms with Crippen molar-refractivity contribution in [3.8, 4) is 6.07 Å². The van der Waals surface area contributed by atoms with E-state index in [0.717, 1.165) is 11.3 Å². The molecule has 6 heteroatoms. The van der Waals surface area contributed by atoms with Crippen molar-refractivity contribution < 1.29 is 0 Å². The van der Waals surface area contributed by atoms with Gasteiger partial charge in [-0.3, -0.25) is 4.68 Å². The van der Waals surface area contributed by atoms with Crippen LogP contribution in [0.4, 0.5) is 5.82 Å². The van der Waals surface area contributed by atoms with Gasteiger partial charge < -0.3 is 5.32 Å². The summed E-state index contributed by atoms with van der Waals surface area (Å²) in [6.07, 6.45) is 3.62. The van der Waals surface area contributed by atoms with Crippen molar-refractivity contribution in [2.45, 2.75) is 20.4 Å². The molecule has 0 aliphatic heterocycles. The summed E-state index contributed by atoms with van der Waals surface area (Å²) in [5.41, 5.74) is 2.21. The molecule has 0 saturated heterocycles. The van der Waals surface area contributed by atoms with Crippen molar-refractivity contribution >= 4 is 5.82 Å². The molecule has 0 saturated carbocycles. The highest BCUT2D eigenvalue weighted by Crippen LogP contribution is 2.16. The molecule has 0 aliphatic carbocycles. The third-order valence-corrected chi connectivity index (χ3v) is 2.76. The predicted octanol–water partition coefficient (Wildman–Crippen LogP) is 1.27. The topological polar surface area (TPSA) is 79.4 Å². The van der Waals surface area contributed by atoms with Gasteiger partial charge in [-0.1, -0.05) is 0 Å². The molecule has 2 rings (SSSR count). The van der Waals surface area contributed by atoms with Crippen LogP contribution in [0.5, 0.6) is 0 Å². The van der Waals surface area contributed by atoms with Crippen LogP contribution in [-0.2, 0) is 6.54 Å². The lowest BCUT2D eigenvalue weighted by atomic mass is 10.1. The third kappa shape index (κ3) is 2.46. The van der Waals surface area contributed by atoms with Crippen LogP contribution >= 0.6 is 0 Å². The lowest BCUT2D eigenvalue weighted by Gasteiger charge is -2.09. The fraction of sp³-hybridized carbons (Fsp3) is 0.333. The van der Waals surface area contributed by atoms with Gasteiger partial charge in [0.25, 0.3) is 0 Å². The van der Waals surface area contributed by atoms with Crippen LogP contribution in [0.25, 0.3) is 0 Å². The molecule has 0 fully saturated rings. The van der Waals surface area contributed by atoms with Crippen LogP contribution in [-0.4, -0.2) is 26.5 Å². The van der Waals surface area contributed by atoms with Crippen LogP contribution in [0.2, 0.25) is 0 Å². The van der Waals surface area contributed by atoms with Crippen LogP contribution in [0.15, 0.2) is 18.5 Å². The number of nitrogens with one attached hydrogen (secondary N) is 1. The minimum Gasteiger partial charge on any atom is -0.366 e. The first-order chi connectivity index (χ1) is 8.72. The van der Waals surface area contributed by atoms with E-state index in [-0.39, 0.29) is 0 Å². The average molecular weight is 242 g/mol. The highest BCUT2D eigenvalue weighted by Gasteiger charge is 2.09. The molecule has 0 radical (unpaired) electrons. The summed E-state index contributed by atoms with van der Waals surface area (Å²) in [4.78, 5) is 0. The van der Waals surface area contributed by atoms with Gasteiger partial charge in [0, 0.05) is 18.9 Å². The summed E-state index contributed by atoms with van der Waals surface area (Å²) < 4.78 is 1.81. The Morgan fingerprint density at radius 1 is 1.39 bits per heavy atom. The molecule has 1 N–H and O–H groups in total. The number of hydrogen-bond acceptors (Lipinski definition) is 5. The zero-order chi connectivity index (χ0) is 13.0. The predicted molar refractivity (Wildman–Crippen MR) is 66.9 cm³/mol. The van der Waals surface area contributed by atoms with E-state index in [2.05, 4.69) is 26.7 Å². The fourth-order valence-electron chi connectivity index (χ4n) is 1.59. The number of hydrogen-bond donors (Lipinski definition) is 1. The molecule has 0 aromatic carbocycles. The van der Waals surface area contributed by atoms with Crippen LogP contribution < -0.4 is 5.32 Å². The van der Waals surface area contributed by atoms with Gasteiger partial charge >= 0.3 is 0 Å². The molecule has 2 aromatic rings. The Bertz CT molecular complexity index is 567. The first-order valence-electron chi connectivity index (χ1n) is 5.67. The van der Waals surface area contributed by atoms with E-state index in [1.54, 1.807) is 6.20 Å². The zero-order valence-corrected chi connectivity index (χ0v) is 10.4. The molecule has 2 aromatic heterocycles. The molecule has 0 spiro atoms. The Kier molecular flexibility index (Phi) is 3.53. The molecule has 0 aliphatic rings. The molecular formula is C12H14N6. The van der Waals surface area contributed by atoms with Gasteiger partial charge in [-0.15, -0.1) is 5.10 Å². The van der Waals surface area contributed by atoms with Gasteiger partial charge in [-0.2, -0.15) is 15.5 Å². The molecule has 0 atom stereocenters. The number of nitrogens with zero attached hydrogens (tertiary/aromatic N) is 5. The van der Waals surface area contributed by atoms with Gasteiger partial charge in [0.15, 0.2) is 5.82 Å². The van der Waals surface area contributed by atoms with Gasteiger partial charge in [-0.05, 0) is 25.5 Å². The second kappa shape index (κ2) is 5.27. The highest BCUT2D eigenvalue weighted by atomic mass is 15.3. The first-order valence-corrected chi connectivity index (χ1v) is 5.67. The lowest BCUT2D eigenvalue weighted by molar-refractivity contribution is 0.636. The maximum Gasteiger partial charge on any atom is 0.166 e. The molecule has 0 bridgehead atoms. The van der Waals surface area contributed by atoms with Crippen molar-refractivity contribution in [1.29, 1.82) is 5.26 Å². The monoisotopic (exact) mass is 242 g/mol. The normalized spacial score (nSPS) is 10.1. The van der Waals surface area contributed by atoms with E-state index >= 15 is 0 Å². The summed E-state index contributed by atoms with van der Waals surface area (Å²) in [6, 6.07) is 4.03. The van der Waals surface area contributed by atoms with E-state index in [0.29, 0.717) is 24.5 Å². The van der Waals surface area contributed by atoms with Gasteiger partial charge in [0.1, 0.15) is 11.6 Å². The first kappa shape index (κ1) is 12.0. The Hall–Kier alpha value is -2.42. The van der Waals surface area contributed by atoms with Crippen molar-refractivity contribution in [1.82, 2.24) is 20.0 Å². The van der Waals surface area contributed by atoms with E-state index in [4.69, 9.17) is 5.26 Å². The molecular weight excluding hydrogens is 228 g/mol. The van der Waals surface area contributed by atoms with Crippen LogP contribution in [0, 0.1) is 25.2 Å². The third-order valence-electron chi connectivity index (χ3n) is 2.76. The Labute approximate surface area is 105 Å². The SMILES string of the molecule is Cc1nnc(NCCn2cccn2)c(C#N)c1C. The average Bonchev–Trinajstić information content (AvgIpc) is 2.87. The van der Waals surface area contributed by atoms with E-state index < -0.39 is 0 Å². The number of aromatic nitrogens is 4. The standard InChI is InChI=1S/C12H14N6/c1-9-10(2)16-17-12(11(9)8-13)14-5-7-18-6-3-4-15-18/h3-4,6H,5,7H2,1-2H3,(H,14,17). The molecule has 0 unspecified atom stereocenters. The molecule has 18 heavy (non-hydrogen) atoms. The van der Waals surface area contributed by atoms with Gasteiger partial charge in [0.2, 0.25) is 0 Å². The van der Waals surface area contributed by atoms with Gasteiger partial charge in [0.05, 0.1) is 12.2 Å². The Morgan fingerprint density at radius 2 is 2.22 bits per heavy atom. The van der Waals surface area contributed by atoms with Gasteiger partial charge in [-0.25, -0.2) is 0 Å². The van der Waals surface area contributed by atoms with Crippen molar-refractivity contribution in [3.63, 3.8) is 0 Å². The number of nitriles is 1. The molecule has 2 heterocycles. The largest absolute Gasteiger partial charge is 0.366 e. The number of aryl methyl sites for hydroxylation is 1. The summed E-state index contributed by atoms with van der Waals surface area (Å²) in [5.74, 6) is 0.535. The van der Waals surface area contributed by atoms with Crippen LogP contribution in [0.3, 0.4) is 0 Å². The Morgan fingerprint density at radius 3 is 2.89 bits per heavy atom. The number of rotatable bonds is 4. The highest BCUT2D eigenvalue weighted by molar-refractivity contribution is 5.55. The van der Waals surface area contributed by atoms with Crippen LogP contribution in [0.1, 0.15) is 16.8 Å². The lowest BCUT2D eigenvalue weighted by Crippen LogP contribution is -2.14. The smallest absolute Gasteiger partial charge is 0.166 e. The summed E-state index contributed by atoms with van der Waals surface area (Å²) in [5, 5.41) is 24.4. The van der Waals surface area contributed by atoms with E-state index in [9.17, 15) is 0 Å². The zero-order valence-electron chi connectivity index (χ0n) is 10.4. The molecule has 92 valence electrons. The summed E-state index contributed by atoms with van der Waals surface area (Å²) in [7, 11) is 0. The van der Waals surface area contributed by atoms with E-state index in [1.165, 1.54) is 0 Å². The second-order valence-electron chi connectivity index (χ2n) is 3.94. The summed E-state index contributed by atoms with van der Waals surface area (Å²) in [6.45, 7) is 5.08. The van der Waals surface area contributed by atoms with Crippen molar-refractivity contribution in [3.05, 3.63) is 35.3 Å². The maximum absolute atomic E-state index is 9.13. The van der Waals surface area contributed by atoms with Crippen molar-refractivity contribution in [2.75, 3.05) is 11.9 Å². The number of anilines is 1. The molecule has 0 amide bonds. The molecule has 6 nitrogen and oxygen atoms in total. The van der Waals surface area contributed by atoms with E-state index in [1.807, 2.05) is 30.8 Å². The quantitative estimate of drug-likeness (QED) is 0.873. The second-order valence-corrected chi connectivity index (χ2v) is 3.94. The van der Waals surface area contributed by atoms with Crippen molar-refractivity contribution in [2.24, 2.45) is 0 Å². The maximum atomic E-state index is 9.13. The summed E-state index contributed by atoms with van der Waals surface area (Å²) >= 11 is 0. The Balaban J connectivity index is 2.06. The fourth-order valence-corrected chi connectivity index (χ4v) is 1.59. The minimum atomic E-state index is 0.535. The minimum absolute atomic E-state index is 0.535.